The summed E-state index contributed by atoms with van der Waals surface area (Å²) < 4.78 is 11.7. The molecule has 0 saturated carbocycles. The van der Waals surface area contributed by atoms with Crippen LogP contribution in [0.4, 0.5) is 0 Å². The number of hydrogen-bond acceptors (Lipinski definition) is 5. The van der Waals surface area contributed by atoms with Gasteiger partial charge in [0.15, 0.2) is 6.61 Å². The molecule has 0 bridgehead atoms. The first-order valence-electron chi connectivity index (χ1n) is 12.0. The monoisotopic (exact) mass is 524 g/mol. The minimum absolute atomic E-state index is 0.150. The molecule has 1 unspecified atom stereocenters. The van der Waals surface area contributed by atoms with Gasteiger partial charge in [-0.3, -0.25) is 14.4 Å². The molecule has 1 atom stereocenters. The molecule has 0 radical (unpaired) electrons. The van der Waals surface area contributed by atoms with Crippen LogP contribution in [0.1, 0.15) is 70.3 Å². The van der Waals surface area contributed by atoms with E-state index in [4.69, 9.17) is 9.47 Å². The van der Waals surface area contributed by atoms with Crippen LogP contribution in [0.5, 0.6) is 5.75 Å². The molecule has 8 heteroatoms. The van der Waals surface area contributed by atoms with Crippen LogP contribution in [0.2, 0.25) is 0 Å². The summed E-state index contributed by atoms with van der Waals surface area (Å²) in [6.07, 6.45) is 9.15. The summed E-state index contributed by atoms with van der Waals surface area (Å²) in [5, 5.41) is 2.73. The van der Waals surface area contributed by atoms with Gasteiger partial charge in [0.1, 0.15) is 11.8 Å². The van der Waals surface area contributed by atoms with Gasteiger partial charge in [-0.25, -0.2) is 0 Å². The van der Waals surface area contributed by atoms with E-state index in [0.29, 0.717) is 25.4 Å². The first kappa shape index (κ1) is 27.2. The maximum atomic E-state index is 12.8. The molecule has 2 amide bonds. The number of amides is 2. The summed E-state index contributed by atoms with van der Waals surface area (Å²) in [6.45, 7) is 4.99. The Kier molecular flexibility index (Phi) is 12.3. The van der Waals surface area contributed by atoms with E-state index >= 15 is 0 Å². The van der Waals surface area contributed by atoms with E-state index in [1.807, 2.05) is 19.1 Å². The Bertz CT molecular complexity index is 786. The highest BCUT2D eigenvalue weighted by Gasteiger charge is 2.35. The average molecular weight is 525 g/mol. The van der Waals surface area contributed by atoms with Gasteiger partial charge in [-0.1, -0.05) is 57.9 Å². The summed E-state index contributed by atoms with van der Waals surface area (Å²) >= 11 is 3.43. The second kappa shape index (κ2) is 14.9. The number of ether oxygens (including phenoxy) is 2. The lowest BCUT2D eigenvalue weighted by Crippen LogP contribution is -2.58. The number of carbonyl (C=O) groups excluding carboxylic acids is 3. The van der Waals surface area contributed by atoms with Gasteiger partial charge in [-0.15, -0.1) is 0 Å². The molecule has 33 heavy (non-hydrogen) atoms. The van der Waals surface area contributed by atoms with Crippen molar-refractivity contribution in [2.45, 2.75) is 77.7 Å². The number of rotatable bonds is 14. The van der Waals surface area contributed by atoms with Gasteiger partial charge in [0, 0.05) is 13.1 Å². The van der Waals surface area contributed by atoms with Crippen molar-refractivity contribution >= 4 is 33.7 Å². The van der Waals surface area contributed by atoms with Crippen LogP contribution >= 0.6 is 15.9 Å². The third-order valence-corrected chi connectivity index (χ3v) is 6.33. The normalized spacial score (nSPS) is 15.8. The fourth-order valence-electron chi connectivity index (χ4n) is 3.80. The molecular formula is C25H37BrN2O5. The molecule has 1 heterocycles. The second-order valence-corrected chi connectivity index (χ2v) is 9.37. The van der Waals surface area contributed by atoms with Crippen LogP contribution in [0, 0.1) is 6.92 Å². The van der Waals surface area contributed by atoms with Crippen molar-refractivity contribution in [3.63, 3.8) is 0 Å². The summed E-state index contributed by atoms with van der Waals surface area (Å²) in [6, 6.07) is 4.71. The number of nitrogens with one attached hydrogen (secondary N) is 1. The predicted molar refractivity (Wildman–Crippen MR) is 131 cm³/mol. The number of piperazine rings is 1. The molecule has 0 aromatic heterocycles. The molecule has 1 aliphatic heterocycles. The molecule has 0 aliphatic carbocycles. The number of nitrogens with zero attached hydrogens (tertiary/aromatic N) is 1. The van der Waals surface area contributed by atoms with Gasteiger partial charge >= 0.3 is 5.97 Å². The van der Waals surface area contributed by atoms with Crippen molar-refractivity contribution in [2.75, 3.05) is 26.3 Å². The Morgan fingerprint density at radius 1 is 1.12 bits per heavy atom. The third-order valence-electron chi connectivity index (χ3n) is 5.71. The number of halogens is 1. The fourth-order valence-corrected chi connectivity index (χ4v) is 4.41. The summed E-state index contributed by atoms with van der Waals surface area (Å²) in [7, 11) is 0. The lowest BCUT2D eigenvalue weighted by molar-refractivity contribution is -0.152. The molecule has 0 spiro atoms. The van der Waals surface area contributed by atoms with Gasteiger partial charge in [-0.05, 0) is 47.0 Å². The predicted octanol–water partition coefficient (Wildman–Crippen LogP) is 4.54. The van der Waals surface area contributed by atoms with Crippen LogP contribution < -0.4 is 10.1 Å². The van der Waals surface area contributed by atoms with Gasteiger partial charge in [0.05, 0.1) is 17.5 Å². The van der Waals surface area contributed by atoms with Gasteiger partial charge in [-0.2, -0.15) is 0 Å². The van der Waals surface area contributed by atoms with Crippen molar-refractivity contribution in [3.8, 4) is 5.75 Å². The quantitative estimate of drug-likeness (QED) is 0.285. The first-order chi connectivity index (χ1) is 15.9. The van der Waals surface area contributed by atoms with Gasteiger partial charge in [0.2, 0.25) is 5.91 Å². The van der Waals surface area contributed by atoms with Crippen molar-refractivity contribution in [3.05, 3.63) is 28.2 Å². The third kappa shape index (κ3) is 9.74. The van der Waals surface area contributed by atoms with Crippen LogP contribution in [-0.2, 0) is 19.1 Å². The minimum atomic E-state index is -0.873. The summed E-state index contributed by atoms with van der Waals surface area (Å²) in [5.41, 5.74) is 1.07. The fraction of sp³-hybridized carbons (Fsp3) is 0.640. The van der Waals surface area contributed by atoms with E-state index in [1.165, 1.54) is 37.0 Å². The Labute approximate surface area is 205 Å². The van der Waals surface area contributed by atoms with E-state index < -0.39 is 12.0 Å². The molecule has 7 nitrogen and oxygen atoms in total. The topological polar surface area (TPSA) is 84.9 Å². The Balaban J connectivity index is 1.75. The standard InChI is InChI=1S/C25H37BrN2O5/c1-3-4-5-6-7-8-9-10-15-32-24(30)17-21-25(31)27-13-14-28(21)23(29)18-33-22-12-11-19(2)16-20(22)26/h11-12,16,21H,3-10,13-15,17-18H2,1-2H3,(H,27,31). The second-order valence-electron chi connectivity index (χ2n) is 8.52. The average Bonchev–Trinajstić information content (AvgIpc) is 2.78. The molecular weight excluding hydrogens is 488 g/mol. The Morgan fingerprint density at radius 3 is 2.52 bits per heavy atom. The zero-order valence-electron chi connectivity index (χ0n) is 19.9. The van der Waals surface area contributed by atoms with Crippen molar-refractivity contribution in [2.24, 2.45) is 0 Å². The van der Waals surface area contributed by atoms with E-state index in [-0.39, 0.29) is 24.8 Å². The van der Waals surface area contributed by atoms with Crippen LogP contribution in [0.3, 0.4) is 0 Å². The zero-order valence-corrected chi connectivity index (χ0v) is 21.5. The molecule has 1 saturated heterocycles. The zero-order chi connectivity index (χ0) is 24.1. The number of benzene rings is 1. The number of carbonyl (C=O) groups is 3. The highest BCUT2D eigenvalue weighted by atomic mass is 79.9. The number of hydrogen-bond donors (Lipinski definition) is 1. The number of esters is 1. The van der Waals surface area contributed by atoms with Gasteiger partial charge < -0.3 is 19.7 Å². The summed E-state index contributed by atoms with van der Waals surface area (Å²) in [5.74, 6) is -0.579. The SMILES string of the molecule is CCCCCCCCCCOC(=O)CC1C(=O)NCCN1C(=O)COc1ccc(C)cc1Br. The van der Waals surface area contributed by atoms with Crippen molar-refractivity contribution in [1.29, 1.82) is 0 Å². The van der Waals surface area contributed by atoms with E-state index in [1.54, 1.807) is 6.07 Å². The van der Waals surface area contributed by atoms with Crippen molar-refractivity contribution in [1.82, 2.24) is 10.2 Å². The maximum absolute atomic E-state index is 12.8. The van der Waals surface area contributed by atoms with Crippen LogP contribution in [0.15, 0.2) is 22.7 Å². The molecule has 1 N–H and O–H groups in total. The lowest BCUT2D eigenvalue weighted by Gasteiger charge is -2.34. The molecule has 1 aliphatic rings. The largest absolute Gasteiger partial charge is 0.483 e. The number of unbranched alkanes of at least 4 members (excludes halogenated alkanes) is 7. The highest BCUT2D eigenvalue weighted by molar-refractivity contribution is 9.10. The van der Waals surface area contributed by atoms with Crippen LogP contribution in [0.25, 0.3) is 0 Å². The Hall–Kier alpha value is -2.09. The number of aryl methyl sites for hydroxylation is 1. The lowest BCUT2D eigenvalue weighted by atomic mass is 10.1. The maximum Gasteiger partial charge on any atom is 0.308 e. The highest BCUT2D eigenvalue weighted by Crippen LogP contribution is 2.26. The molecule has 1 fully saturated rings. The molecule has 1 aromatic carbocycles. The van der Waals surface area contributed by atoms with Crippen LogP contribution in [-0.4, -0.2) is 55.0 Å². The summed E-state index contributed by atoms with van der Waals surface area (Å²) in [4.78, 5) is 38.9. The van der Waals surface area contributed by atoms with Crippen molar-refractivity contribution < 1.29 is 23.9 Å². The molecule has 2 rings (SSSR count). The molecule has 1 aromatic rings. The first-order valence-corrected chi connectivity index (χ1v) is 12.8. The minimum Gasteiger partial charge on any atom is -0.483 e. The Morgan fingerprint density at radius 2 is 1.82 bits per heavy atom. The van der Waals surface area contributed by atoms with E-state index in [2.05, 4.69) is 28.2 Å². The van der Waals surface area contributed by atoms with E-state index in [0.717, 1.165) is 29.3 Å². The molecule has 184 valence electrons. The van der Waals surface area contributed by atoms with E-state index in [9.17, 15) is 14.4 Å². The van der Waals surface area contributed by atoms with Gasteiger partial charge in [0.25, 0.3) is 5.91 Å². The smallest absolute Gasteiger partial charge is 0.308 e.